The maximum absolute atomic E-state index is 11.7. The zero-order valence-corrected chi connectivity index (χ0v) is 12.9. The summed E-state index contributed by atoms with van der Waals surface area (Å²) in [5.41, 5.74) is 1.78. The highest BCUT2D eigenvalue weighted by Crippen LogP contribution is 2.24. The zero-order valence-electron chi connectivity index (χ0n) is 9.88. The van der Waals surface area contributed by atoms with Crippen LogP contribution in [0.1, 0.15) is 9.80 Å². The van der Waals surface area contributed by atoms with Crippen molar-refractivity contribution in [2.45, 2.75) is 0 Å². The molecule has 1 amide bonds. The van der Waals surface area contributed by atoms with Gasteiger partial charge in [-0.1, -0.05) is 0 Å². The SMILES string of the molecule is COc1ccc(-c2csc(C(=O)N(C)I)n2)cc1. The summed E-state index contributed by atoms with van der Waals surface area (Å²) in [7, 11) is 3.34. The van der Waals surface area contributed by atoms with Crippen LogP contribution in [0.3, 0.4) is 0 Å². The quantitative estimate of drug-likeness (QED) is 0.612. The number of benzene rings is 1. The second-order valence-corrected chi connectivity index (χ2v) is 5.85. The third kappa shape index (κ3) is 2.81. The second kappa shape index (κ2) is 5.66. The first kappa shape index (κ1) is 13.3. The number of amides is 1. The fourth-order valence-corrected chi connectivity index (χ4v) is 2.59. The molecule has 94 valence electrons. The van der Waals surface area contributed by atoms with Gasteiger partial charge < -0.3 is 4.74 Å². The van der Waals surface area contributed by atoms with Crippen molar-refractivity contribution in [1.29, 1.82) is 0 Å². The lowest BCUT2D eigenvalue weighted by molar-refractivity contribution is 0.0906. The standard InChI is InChI=1S/C12H11IN2O2S/c1-15(13)12(16)11-14-10(7-18-11)8-3-5-9(17-2)6-4-8/h3-7H,1-2H3. The van der Waals surface area contributed by atoms with Crippen molar-refractivity contribution >= 4 is 40.1 Å². The average molecular weight is 374 g/mol. The number of hydrogen-bond donors (Lipinski definition) is 0. The Kier molecular flexibility index (Phi) is 4.18. The van der Waals surface area contributed by atoms with Gasteiger partial charge >= 0.3 is 0 Å². The fraction of sp³-hybridized carbons (Fsp3) is 0.167. The molecule has 0 saturated heterocycles. The molecule has 6 heteroatoms. The molecule has 0 aliphatic carbocycles. The Labute approximate surface area is 123 Å². The third-order valence-corrected chi connectivity index (χ3v) is 3.62. The summed E-state index contributed by atoms with van der Waals surface area (Å²) in [5, 5.41) is 2.38. The monoisotopic (exact) mass is 374 g/mol. The molecule has 4 nitrogen and oxygen atoms in total. The van der Waals surface area contributed by atoms with Crippen molar-refractivity contribution in [3.8, 4) is 17.0 Å². The molecule has 0 N–H and O–H groups in total. The summed E-state index contributed by atoms with van der Waals surface area (Å²) in [5.74, 6) is 0.720. The number of carbonyl (C=O) groups is 1. The highest BCUT2D eigenvalue weighted by atomic mass is 127. The Morgan fingerprint density at radius 2 is 2.06 bits per heavy atom. The van der Waals surface area contributed by atoms with E-state index in [1.54, 1.807) is 14.2 Å². The molecule has 1 aromatic carbocycles. The summed E-state index contributed by atoms with van der Waals surface area (Å²) in [6.45, 7) is 0. The molecule has 0 bridgehead atoms. The van der Waals surface area contributed by atoms with E-state index in [0.29, 0.717) is 5.01 Å². The number of halogens is 1. The number of rotatable bonds is 3. The van der Waals surface area contributed by atoms with Crippen LogP contribution in [0.4, 0.5) is 0 Å². The maximum atomic E-state index is 11.7. The van der Waals surface area contributed by atoms with Crippen LogP contribution < -0.4 is 4.74 Å². The molecule has 0 fully saturated rings. The third-order valence-electron chi connectivity index (χ3n) is 2.35. The smallest absolute Gasteiger partial charge is 0.291 e. The summed E-state index contributed by atoms with van der Waals surface area (Å²) in [4.78, 5) is 16.1. The molecule has 1 heterocycles. The van der Waals surface area contributed by atoms with Gasteiger partial charge in [-0.3, -0.25) is 7.91 Å². The van der Waals surface area contributed by atoms with Gasteiger partial charge in [0.05, 0.1) is 35.7 Å². The first-order valence-corrected chi connectivity index (χ1v) is 7.00. The summed E-state index contributed by atoms with van der Waals surface area (Å²) in [6, 6.07) is 7.60. The summed E-state index contributed by atoms with van der Waals surface area (Å²) in [6.07, 6.45) is 0. The lowest BCUT2D eigenvalue weighted by Crippen LogP contribution is -2.15. The minimum absolute atomic E-state index is 0.0830. The van der Waals surface area contributed by atoms with E-state index in [1.165, 1.54) is 14.5 Å². The van der Waals surface area contributed by atoms with Crippen molar-refractivity contribution in [3.05, 3.63) is 34.7 Å². The van der Waals surface area contributed by atoms with Gasteiger partial charge in [0.15, 0.2) is 5.01 Å². The molecule has 0 radical (unpaired) electrons. The first-order chi connectivity index (χ1) is 8.61. The topological polar surface area (TPSA) is 42.4 Å². The predicted molar refractivity (Wildman–Crippen MR) is 80.2 cm³/mol. The van der Waals surface area contributed by atoms with Crippen LogP contribution >= 0.6 is 34.2 Å². The zero-order chi connectivity index (χ0) is 13.1. The number of hydrogen-bond acceptors (Lipinski definition) is 4. The number of methoxy groups -OCH3 is 1. The normalized spacial score (nSPS) is 10.2. The Morgan fingerprint density at radius 1 is 1.39 bits per heavy atom. The minimum atomic E-state index is -0.0830. The maximum Gasteiger partial charge on any atom is 0.291 e. The molecule has 2 aromatic rings. The molecule has 18 heavy (non-hydrogen) atoms. The second-order valence-electron chi connectivity index (χ2n) is 3.55. The molecule has 0 unspecified atom stereocenters. The Hall–Kier alpha value is -1.15. The van der Waals surface area contributed by atoms with Crippen LogP contribution in [0, 0.1) is 0 Å². The van der Waals surface area contributed by atoms with E-state index in [9.17, 15) is 4.79 Å². The average Bonchev–Trinajstić information content (AvgIpc) is 2.87. The van der Waals surface area contributed by atoms with Crippen molar-refractivity contribution < 1.29 is 9.53 Å². The molecule has 2 rings (SSSR count). The van der Waals surface area contributed by atoms with Crippen LogP contribution in [0.5, 0.6) is 5.75 Å². The first-order valence-electron chi connectivity index (χ1n) is 5.15. The predicted octanol–water partition coefficient (Wildman–Crippen LogP) is 3.24. The van der Waals surface area contributed by atoms with Gasteiger partial charge in [-0.05, 0) is 24.3 Å². The van der Waals surface area contributed by atoms with Gasteiger partial charge in [0.25, 0.3) is 5.91 Å². The molecular weight excluding hydrogens is 363 g/mol. The van der Waals surface area contributed by atoms with E-state index < -0.39 is 0 Å². The Balaban J connectivity index is 2.26. The number of thiazole rings is 1. The molecule has 0 spiro atoms. The van der Waals surface area contributed by atoms with Gasteiger partial charge in [0.2, 0.25) is 0 Å². The Bertz CT molecular complexity index is 551. The van der Waals surface area contributed by atoms with Crippen molar-refractivity contribution in [2.75, 3.05) is 14.2 Å². The van der Waals surface area contributed by atoms with Gasteiger partial charge in [-0.25, -0.2) is 4.98 Å². The van der Waals surface area contributed by atoms with E-state index in [2.05, 4.69) is 4.98 Å². The number of carbonyl (C=O) groups excluding carboxylic acids is 1. The van der Waals surface area contributed by atoms with E-state index >= 15 is 0 Å². The highest BCUT2D eigenvalue weighted by molar-refractivity contribution is 14.1. The largest absolute Gasteiger partial charge is 0.497 e. The van der Waals surface area contributed by atoms with Gasteiger partial charge in [0, 0.05) is 18.0 Å². The van der Waals surface area contributed by atoms with Crippen LogP contribution in [-0.4, -0.2) is 28.2 Å². The Morgan fingerprint density at radius 3 is 2.61 bits per heavy atom. The lowest BCUT2D eigenvalue weighted by Gasteiger charge is -2.03. The molecule has 0 saturated carbocycles. The highest BCUT2D eigenvalue weighted by Gasteiger charge is 2.14. The van der Waals surface area contributed by atoms with Crippen LogP contribution in [-0.2, 0) is 0 Å². The van der Waals surface area contributed by atoms with Gasteiger partial charge in [-0.2, -0.15) is 0 Å². The van der Waals surface area contributed by atoms with Crippen molar-refractivity contribution in [3.63, 3.8) is 0 Å². The van der Waals surface area contributed by atoms with Crippen LogP contribution in [0.2, 0.25) is 0 Å². The van der Waals surface area contributed by atoms with Crippen molar-refractivity contribution in [2.24, 2.45) is 0 Å². The van der Waals surface area contributed by atoms with E-state index in [0.717, 1.165) is 17.0 Å². The van der Waals surface area contributed by atoms with Crippen molar-refractivity contribution in [1.82, 2.24) is 8.10 Å². The number of nitrogens with zero attached hydrogens (tertiary/aromatic N) is 2. The summed E-state index contributed by atoms with van der Waals surface area (Å²) < 4.78 is 6.59. The van der Waals surface area contributed by atoms with E-state index in [1.807, 2.05) is 52.5 Å². The molecule has 0 atom stereocenters. The number of aromatic nitrogens is 1. The van der Waals surface area contributed by atoms with Crippen LogP contribution in [0.25, 0.3) is 11.3 Å². The van der Waals surface area contributed by atoms with Gasteiger partial charge in [0.1, 0.15) is 5.75 Å². The fourth-order valence-electron chi connectivity index (χ4n) is 1.40. The summed E-state index contributed by atoms with van der Waals surface area (Å²) >= 11 is 3.29. The van der Waals surface area contributed by atoms with E-state index in [-0.39, 0.29) is 5.91 Å². The lowest BCUT2D eigenvalue weighted by atomic mass is 10.2. The van der Waals surface area contributed by atoms with E-state index in [4.69, 9.17) is 4.74 Å². The molecule has 0 aliphatic heterocycles. The molecule has 1 aromatic heterocycles. The number of ether oxygens (including phenoxy) is 1. The molecule has 0 aliphatic rings. The van der Waals surface area contributed by atoms with Gasteiger partial charge in [-0.15, -0.1) is 11.3 Å². The van der Waals surface area contributed by atoms with Crippen LogP contribution in [0.15, 0.2) is 29.6 Å². The minimum Gasteiger partial charge on any atom is -0.497 e. The molecular formula is C12H11IN2O2S.